The summed E-state index contributed by atoms with van der Waals surface area (Å²) in [6, 6.07) is 25.5. The van der Waals surface area contributed by atoms with Gasteiger partial charge in [0.2, 0.25) is 5.91 Å². The summed E-state index contributed by atoms with van der Waals surface area (Å²) in [5, 5.41) is 0.597. The van der Waals surface area contributed by atoms with Crippen LogP contribution in [0.1, 0.15) is 39.2 Å². The molecule has 2 amide bonds. The highest BCUT2D eigenvalue weighted by Gasteiger charge is 2.31. The summed E-state index contributed by atoms with van der Waals surface area (Å²) >= 11 is 5.87. The fourth-order valence-electron chi connectivity index (χ4n) is 4.50. The molecule has 8 nitrogen and oxygen atoms in total. The van der Waals surface area contributed by atoms with E-state index in [2.05, 4.69) is 15.8 Å². The molecule has 5 aromatic rings. The molecule has 0 saturated carbocycles. The SMILES string of the molecule is O=C(CCc1nc2cc(C(F)(F)F)ccc2n(Cc2ccccc2)c1=O)NNC(=O)c1ccc(COc2ccc(Cl)cc2)cc1. The van der Waals surface area contributed by atoms with Crippen LogP contribution < -0.4 is 21.1 Å². The Kier molecular flexibility index (Phi) is 9.48. The van der Waals surface area contributed by atoms with Gasteiger partial charge >= 0.3 is 6.18 Å². The van der Waals surface area contributed by atoms with Crippen LogP contribution in [0.5, 0.6) is 5.75 Å². The van der Waals surface area contributed by atoms with Crippen molar-refractivity contribution in [3.8, 4) is 5.75 Å². The molecule has 0 aliphatic carbocycles. The molecule has 0 aliphatic heterocycles. The molecule has 0 radical (unpaired) electrons. The van der Waals surface area contributed by atoms with Gasteiger partial charge in [0, 0.05) is 23.4 Å². The average Bonchev–Trinajstić information content (AvgIpc) is 3.04. The number of ether oxygens (including phenoxy) is 1. The van der Waals surface area contributed by atoms with E-state index in [9.17, 15) is 27.6 Å². The monoisotopic (exact) mass is 634 g/mol. The number of hydrogen-bond donors (Lipinski definition) is 2. The number of aryl methyl sites for hydroxylation is 1. The Labute approximate surface area is 260 Å². The second-order valence-corrected chi connectivity index (χ2v) is 10.5. The molecule has 5 rings (SSSR count). The van der Waals surface area contributed by atoms with Gasteiger partial charge in [-0.3, -0.25) is 25.2 Å². The van der Waals surface area contributed by atoms with E-state index in [0.29, 0.717) is 10.8 Å². The normalized spacial score (nSPS) is 11.3. The zero-order valence-electron chi connectivity index (χ0n) is 23.6. The molecule has 0 saturated heterocycles. The predicted octanol–water partition coefficient (Wildman–Crippen LogP) is 6.09. The van der Waals surface area contributed by atoms with Crippen LogP contribution in [0.15, 0.2) is 102 Å². The zero-order valence-corrected chi connectivity index (χ0v) is 24.4. The van der Waals surface area contributed by atoms with Crippen LogP contribution in [0, 0.1) is 0 Å². The lowest BCUT2D eigenvalue weighted by Gasteiger charge is -2.14. The van der Waals surface area contributed by atoms with Crippen LogP contribution in [0.25, 0.3) is 11.0 Å². The number of rotatable bonds is 9. The second kappa shape index (κ2) is 13.6. The summed E-state index contributed by atoms with van der Waals surface area (Å²) in [4.78, 5) is 42.7. The number of carbonyl (C=O) groups excluding carboxylic acids is 2. The highest BCUT2D eigenvalue weighted by Crippen LogP contribution is 2.31. The van der Waals surface area contributed by atoms with Crippen molar-refractivity contribution in [3.63, 3.8) is 0 Å². The first-order valence-corrected chi connectivity index (χ1v) is 14.2. The first-order valence-electron chi connectivity index (χ1n) is 13.8. The lowest BCUT2D eigenvalue weighted by Crippen LogP contribution is -2.42. The number of hydrogen-bond acceptors (Lipinski definition) is 5. The van der Waals surface area contributed by atoms with E-state index in [-0.39, 0.29) is 48.3 Å². The van der Waals surface area contributed by atoms with Gasteiger partial charge in [-0.2, -0.15) is 13.2 Å². The Morgan fingerprint density at radius 1 is 0.867 bits per heavy atom. The number of amides is 2. The number of nitrogens with one attached hydrogen (secondary N) is 2. The van der Waals surface area contributed by atoms with E-state index in [4.69, 9.17) is 16.3 Å². The average molecular weight is 635 g/mol. The summed E-state index contributed by atoms with van der Waals surface area (Å²) in [5.74, 6) is -0.539. The van der Waals surface area contributed by atoms with E-state index in [1.807, 2.05) is 6.07 Å². The molecule has 230 valence electrons. The van der Waals surface area contributed by atoms with E-state index >= 15 is 0 Å². The quantitative estimate of drug-likeness (QED) is 0.191. The van der Waals surface area contributed by atoms with Gasteiger partial charge in [-0.05, 0) is 65.7 Å². The van der Waals surface area contributed by atoms with Crippen LogP contribution in [-0.4, -0.2) is 21.4 Å². The van der Waals surface area contributed by atoms with Gasteiger partial charge in [-0.1, -0.05) is 54.1 Å². The minimum atomic E-state index is -4.60. The molecular formula is C33H26ClF3N4O4. The van der Waals surface area contributed by atoms with Crippen molar-refractivity contribution in [3.05, 3.63) is 140 Å². The van der Waals surface area contributed by atoms with Gasteiger partial charge in [0.1, 0.15) is 18.1 Å². The summed E-state index contributed by atoms with van der Waals surface area (Å²) in [5.41, 5.74) is 5.19. The molecule has 0 spiro atoms. The fraction of sp³-hybridized carbons (Fsp3) is 0.152. The van der Waals surface area contributed by atoms with Crippen molar-refractivity contribution in [2.45, 2.75) is 32.2 Å². The van der Waals surface area contributed by atoms with Gasteiger partial charge in [-0.15, -0.1) is 0 Å². The van der Waals surface area contributed by atoms with Gasteiger partial charge in [-0.25, -0.2) is 4.98 Å². The summed E-state index contributed by atoms with van der Waals surface area (Å²) in [6.45, 7) is 0.374. The Balaban J connectivity index is 1.22. The van der Waals surface area contributed by atoms with Crippen molar-refractivity contribution in [1.82, 2.24) is 20.4 Å². The molecule has 0 fully saturated rings. The predicted molar refractivity (Wildman–Crippen MR) is 163 cm³/mol. The zero-order chi connectivity index (χ0) is 32.0. The molecule has 4 aromatic carbocycles. The van der Waals surface area contributed by atoms with Crippen LogP contribution in [-0.2, 0) is 30.5 Å². The minimum absolute atomic E-state index is 0.0221. The third-order valence-electron chi connectivity index (χ3n) is 6.86. The lowest BCUT2D eigenvalue weighted by molar-refractivity contribution is -0.137. The highest BCUT2D eigenvalue weighted by atomic mass is 35.5. The number of aromatic nitrogens is 2. The third kappa shape index (κ3) is 8.07. The fourth-order valence-corrected chi connectivity index (χ4v) is 4.63. The molecule has 0 bridgehead atoms. The summed E-state index contributed by atoms with van der Waals surface area (Å²) < 4.78 is 47.2. The lowest BCUT2D eigenvalue weighted by atomic mass is 10.1. The smallest absolute Gasteiger partial charge is 0.416 e. The van der Waals surface area contributed by atoms with Crippen molar-refractivity contribution in [2.24, 2.45) is 0 Å². The van der Waals surface area contributed by atoms with Crippen molar-refractivity contribution in [1.29, 1.82) is 0 Å². The van der Waals surface area contributed by atoms with Gasteiger partial charge < -0.3 is 9.30 Å². The molecule has 1 heterocycles. The largest absolute Gasteiger partial charge is 0.489 e. The Morgan fingerprint density at radius 2 is 1.58 bits per heavy atom. The maximum absolute atomic E-state index is 13.4. The van der Waals surface area contributed by atoms with E-state index in [0.717, 1.165) is 23.3 Å². The van der Waals surface area contributed by atoms with Crippen LogP contribution in [0.3, 0.4) is 0 Å². The minimum Gasteiger partial charge on any atom is -0.489 e. The van der Waals surface area contributed by atoms with E-state index in [1.54, 1.807) is 72.8 Å². The van der Waals surface area contributed by atoms with Crippen LogP contribution >= 0.6 is 11.6 Å². The molecule has 45 heavy (non-hydrogen) atoms. The summed E-state index contributed by atoms with van der Waals surface area (Å²) in [7, 11) is 0. The van der Waals surface area contributed by atoms with Gasteiger partial charge in [0.25, 0.3) is 11.5 Å². The maximum atomic E-state index is 13.4. The van der Waals surface area contributed by atoms with Crippen molar-refractivity contribution in [2.75, 3.05) is 0 Å². The number of alkyl halides is 3. The number of carbonyl (C=O) groups is 2. The molecule has 2 N–H and O–H groups in total. The van der Waals surface area contributed by atoms with Crippen LogP contribution in [0.4, 0.5) is 13.2 Å². The molecule has 0 aliphatic rings. The number of nitrogens with zero attached hydrogens (tertiary/aromatic N) is 2. The number of hydrazine groups is 1. The van der Waals surface area contributed by atoms with Gasteiger partial charge in [0.15, 0.2) is 0 Å². The number of halogens is 4. The molecule has 0 atom stereocenters. The van der Waals surface area contributed by atoms with Gasteiger partial charge in [0.05, 0.1) is 23.1 Å². The van der Waals surface area contributed by atoms with Crippen LogP contribution in [0.2, 0.25) is 5.02 Å². The first-order chi connectivity index (χ1) is 21.6. The Morgan fingerprint density at radius 3 is 2.27 bits per heavy atom. The Bertz CT molecular complexity index is 1880. The highest BCUT2D eigenvalue weighted by molar-refractivity contribution is 6.30. The molecule has 1 aromatic heterocycles. The first kappa shape index (κ1) is 31.3. The number of benzene rings is 4. The second-order valence-electron chi connectivity index (χ2n) is 10.1. The number of fused-ring (bicyclic) bond motifs is 1. The maximum Gasteiger partial charge on any atom is 0.416 e. The Hall–Kier alpha value is -5.16. The molecule has 12 heteroatoms. The van der Waals surface area contributed by atoms with Crippen molar-refractivity contribution < 1.29 is 27.5 Å². The summed E-state index contributed by atoms with van der Waals surface area (Å²) in [6.07, 6.45) is -5.01. The third-order valence-corrected chi connectivity index (χ3v) is 7.12. The van der Waals surface area contributed by atoms with Crippen molar-refractivity contribution >= 4 is 34.4 Å². The van der Waals surface area contributed by atoms with E-state index < -0.39 is 29.1 Å². The molecule has 0 unspecified atom stereocenters. The van der Waals surface area contributed by atoms with E-state index in [1.165, 1.54) is 10.6 Å². The molecular weight excluding hydrogens is 609 g/mol. The standard InChI is InChI=1S/C33H26ClF3N4O4/c34-25-11-13-26(14-12-25)45-20-22-6-8-23(9-7-22)31(43)40-39-30(42)17-15-27-32(44)41(19-21-4-2-1-3-5-21)29-16-10-24(33(35,36)37)18-28(29)38-27/h1-14,16,18H,15,17,19-20H2,(H,39,42)(H,40,43). The topological polar surface area (TPSA) is 102 Å².